The molecule has 0 radical (unpaired) electrons. The van der Waals surface area contributed by atoms with E-state index in [0.29, 0.717) is 17.3 Å². The van der Waals surface area contributed by atoms with Crippen molar-refractivity contribution in [1.82, 2.24) is 19.7 Å². The normalized spacial score (nSPS) is 15.2. The van der Waals surface area contributed by atoms with Crippen LogP contribution < -0.4 is 10.6 Å². The summed E-state index contributed by atoms with van der Waals surface area (Å²) in [7, 11) is 0. The Morgan fingerprint density at radius 2 is 1.74 bits per heavy atom. The van der Waals surface area contributed by atoms with Gasteiger partial charge >= 0.3 is 0 Å². The monoisotopic (exact) mass is 408 g/mol. The van der Waals surface area contributed by atoms with Gasteiger partial charge in [-0.3, -0.25) is 9.78 Å². The summed E-state index contributed by atoms with van der Waals surface area (Å²) in [4.78, 5) is 22.3. The van der Waals surface area contributed by atoms with Crippen molar-refractivity contribution in [3.8, 4) is 11.4 Å². The topological polar surface area (TPSA) is 84.7 Å². The van der Waals surface area contributed by atoms with Crippen LogP contribution in [0, 0.1) is 0 Å². The third-order valence-corrected chi connectivity index (χ3v) is 5.16. The zero-order chi connectivity index (χ0) is 21.2. The smallest absolute Gasteiger partial charge is 0.255 e. The van der Waals surface area contributed by atoms with Gasteiger partial charge in [-0.2, -0.15) is 4.98 Å². The van der Waals surface area contributed by atoms with E-state index in [1.165, 1.54) is 0 Å². The molecule has 2 aromatic heterocycles. The number of para-hydroxylation sites is 1. The van der Waals surface area contributed by atoms with Gasteiger partial charge in [0.1, 0.15) is 6.04 Å². The summed E-state index contributed by atoms with van der Waals surface area (Å²) in [6, 6.07) is 22.5. The SMILES string of the molecule is CC1=C(C(=O)Nc2ccccc2)[C@H](c2cccnc2)n2nc(-c3ccccc3)nc2N1. The van der Waals surface area contributed by atoms with E-state index in [1.807, 2.05) is 79.7 Å². The zero-order valence-electron chi connectivity index (χ0n) is 16.9. The number of benzene rings is 2. The molecule has 0 saturated heterocycles. The fraction of sp³-hybridized carbons (Fsp3) is 0.0833. The van der Waals surface area contributed by atoms with Crippen molar-refractivity contribution in [2.24, 2.45) is 0 Å². The molecule has 7 heteroatoms. The summed E-state index contributed by atoms with van der Waals surface area (Å²) in [6.07, 6.45) is 3.47. The largest absolute Gasteiger partial charge is 0.328 e. The highest BCUT2D eigenvalue weighted by Crippen LogP contribution is 2.36. The van der Waals surface area contributed by atoms with Gasteiger partial charge in [-0.25, -0.2) is 4.68 Å². The minimum absolute atomic E-state index is 0.201. The van der Waals surface area contributed by atoms with E-state index in [1.54, 1.807) is 17.1 Å². The number of hydrogen-bond donors (Lipinski definition) is 2. The number of pyridine rings is 1. The zero-order valence-corrected chi connectivity index (χ0v) is 16.9. The van der Waals surface area contributed by atoms with Crippen LogP contribution in [0.2, 0.25) is 0 Å². The molecule has 1 atom stereocenters. The molecule has 2 aromatic carbocycles. The first-order valence-electron chi connectivity index (χ1n) is 9.97. The summed E-state index contributed by atoms with van der Waals surface area (Å²) in [5, 5.41) is 11.0. The number of carbonyl (C=O) groups excluding carboxylic acids is 1. The Morgan fingerprint density at radius 3 is 2.45 bits per heavy atom. The molecule has 0 bridgehead atoms. The Labute approximate surface area is 179 Å². The molecular weight excluding hydrogens is 388 g/mol. The van der Waals surface area contributed by atoms with Crippen molar-refractivity contribution in [3.63, 3.8) is 0 Å². The van der Waals surface area contributed by atoms with E-state index in [9.17, 15) is 4.79 Å². The number of nitrogens with one attached hydrogen (secondary N) is 2. The van der Waals surface area contributed by atoms with Gasteiger partial charge in [-0.05, 0) is 30.7 Å². The summed E-state index contributed by atoms with van der Waals surface area (Å²) in [5.74, 6) is 0.975. The lowest BCUT2D eigenvalue weighted by Crippen LogP contribution is -2.31. The maximum absolute atomic E-state index is 13.4. The van der Waals surface area contributed by atoms with Gasteiger partial charge in [0.15, 0.2) is 5.82 Å². The van der Waals surface area contributed by atoms with E-state index in [0.717, 1.165) is 22.5 Å². The predicted octanol–water partition coefficient (Wildman–Crippen LogP) is 4.27. The number of amides is 1. The molecule has 0 fully saturated rings. The van der Waals surface area contributed by atoms with Gasteiger partial charge in [-0.15, -0.1) is 5.10 Å². The average Bonchev–Trinajstić information content (AvgIpc) is 3.23. The number of allylic oxidation sites excluding steroid dienone is 1. The van der Waals surface area contributed by atoms with E-state index >= 15 is 0 Å². The van der Waals surface area contributed by atoms with Gasteiger partial charge in [-0.1, -0.05) is 54.6 Å². The highest BCUT2D eigenvalue weighted by Gasteiger charge is 2.34. The summed E-state index contributed by atoms with van der Waals surface area (Å²) in [6.45, 7) is 1.88. The van der Waals surface area contributed by atoms with Crippen molar-refractivity contribution in [2.45, 2.75) is 13.0 Å². The molecule has 3 heterocycles. The van der Waals surface area contributed by atoms with Crippen LogP contribution in [0.15, 0.2) is 96.5 Å². The quantitative estimate of drug-likeness (QED) is 0.527. The Hall–Kier alpha value is -4.26. The lowest BCUT2D eigenvalue weighted by molar-refractivity contribution is -0.113. The first-order valence-corrected chi connectivity index (χ1v) is 9.97. The number of nitrogens with zero attached hydrogens (tertiary/aromatic N) is 4. The minimum Gasteiger partial charge on any atom is -0.328 e. The van der Waals surface area contributed by atoms with Crippen molar-refractivity contribution in [2.75, 3.05) is 10.6 Å². The molecule has 5 rings (SSSR count). The van der Waals surface area contributed by atoms with Crippen LogP contribution in [0.4, 0.5) is 11.6 Å². The maximum Gasteiger partial charge on any atom is 0.255 e. The molecular formula is C24H20N6O. The molecule has 0 spiro atoms. The highest BCUT2D eigenvalue weighted by molar-refractivity contribution is 6.06. The number of aromatic nitrogens is 4. The molecule has 1 aliphatic heterocycles. The molecule has 2 N–H and O–H groups in total. The number of hydrogen-bond acceptors (Lipinski definition) is 5. The molecule has 0 unspecified atom stereocenters. The standard InChI is InChI=1S/C24H20N6O/c1-16-20(23(31)27-19-12-6-3-7-13-19)21(18-11-8-14-25-15-18)30-24(26-16)28-22(29-30)17-9-4-2-5-10-17/h2-15,21H,1H3,(H,27,31)(H,26,28,29)/t21-/m0/s1. The van der Waals surface area contributed by atoms with E-state index in [2.05, 4.69) is 20.6 Å². The van der Waals surface area contributed by atoms with Gasteiger partial charge in [0, 0.05) is 29.3 Å². The third-order valence-electron chi connectivity index (χ3n) is 5.16. The predicted molar refractivity (Wildman–Crippen MR) is 119 cm³/mol. The number of rotatable bonds is 4. The number of anilines is 2. The first-order chi connectivity index (χ1) is 15.2. The molecule has 7 nitrogen and oxygen atoms in total. The second-order valence-corrected chi connectivity index (χ2v) is 7.24. The number of fused-ring (bicyclic) bond motifs is 1. The highest BCUT2D eigenvalue weighted by atomic mass is 16.1. The Balaban J connectivity index is 1.60. The van der Waals surface area contributed by atoms with E-state index in [-0.39, 0.29) is 5.91 Å². The van der Waals surface area contributed by atoms with Crippen LogP contribution in [-0.2, 0) is 4.79 Å². The summed E-state index contributed by atoms with van der Waals surface area (Å²) < 4.78 is 1.76. The van der Waals surface area contributed by atoms with Crippen LogP contribution >= 0.6 is 0 Å². The lowest BCUT2D eigenvalue weighted by atomic mass is 9.96. The molecule has 4 aromatic rings. The molecule has 0 saturated carbocycles. The fourth-order valence-electron chi connectivity index (χ4n) is 3.72. The van der Waals surface area contributed by atoms with Gasteiger partial charge < -0.3 is 10.6 Å². The van der Waals surface area contributed by atoms with Crippen molar-refractivity contribution < 1.29 is 4.79 Å². The van der Waals surface area contributed by atoms with Gasteiger partial charge in [0.25, 0.3) is 5.91 Å². The Morgan fingerprint density at radius 1 is 1.00 bits per heavy atom. The molecule has 1 amide bonds. The summed E-state index contributed by atoms with van der Waals surface area (Å²) >= 11 is 0. The molecule has 1 aliphatic rings. The van der Waals surface area contributed by atoms with Crippen molar-refractivity contribution >= 4 is 17.5 Å². The van der Waals surface area contributed by atoms with Crippen LogP contribution in [-0.4, -0.2) is 25.7 Å². The Bertz CT molecular complexity index is 1250. The average molecular weight is 408 g/mol. The molecule has 152 valence electrons. The van der Waals surface area contributed by atoms with E-state index < -0.39 is 6.04 Å². The summed E-state index contributed by atoms with van der Waals surface area (Å²) in [5.41, 5.74) is 3.78. The van der Waals surface area contributed by atoms with Gasteiger partial charge in [0.05, 0.1) is 5.57 Å². The Kier molecular flexibility index (Phi) is 4.76. The van der Waals surface area contributed by atoms with Gasteiger partial charge in [0.2, 0.25) is 5.95 Å². The van der Waals surface area contributed by atoms with Crippen LogP contribution in [0.3, 0.4) is 0 Å². The lowest BCUT2D eigenvalue weighted by Gasteiger charge is -2.28. The third kappa shape index (κ3) is 3.57. The molecule has 31 heavy (non-hydrogen) atoms. The minimum atomic E-state index is -0.460. The fourth-order valence-corrected chi connectivity index (χ4v) is 3.72. The van der Waals surface area contributed by atoms with Crippen molar-refractivity contribution in [3.05, 3.63) is 102 Å². The van der Waals surface area contributed by atoms with Crippen LogP contribution in [0.25, 0.3) is 11.4 Å². The van der Waals surface area contributed by atoms with Crippen LogP contribution in [0.5, 0.6) is 0 Å². The van der Waals surface area contributed by atoms with E-state index in [4.69, 9.17) is 5.10 Å². The maximum atomic E-state index is 13.4. The second kappa shape index (κ2) is 7.87. The molecule has 0 aliphatic carbocycles. The first kappa shape index (κ1) is 18.7. The second-order valence-electron chi connectivity index (χ2n) is 7.24. The van der Waals surface area contributed by atoms with Crippen LogP contribution in [0.1, 0.15) is 18.5 Å². The number of carbonyl (C=O) groups is 1. The van der Waals surface area contributed by atoms with Crippen molar-refractivity contribution in [1.29, 1.82) is 0 Å².